The number of carbonyl (C=O) groups excluding carboxylic acids is 1. The highest BCUT2D eigenvalue weighted by Crippen LogP contribution is 2.21. The molecule has 0 unspecified atom stereocenters. The Kier molecular flexibility index (Phi) is 3.53. The first-order chi connectivity index (χ1) is 9.34. The van der Waals surface area contributed by atoms with Crippen LogP contribution in [0.4, 0.5) is 5.69 Å². The van der Waals surface area contributed by atoms with E-state index >= 15 is 0 Å². The van der Waals surface area contributed by atoms with E-state index in [1.807, 2.05) is 30.5 Å². The number of rotatable bonds is 2. The van der Waals surface area contributed by atoms with Gasteiger partial charge in [-0.3, -0.25) is 9.59 Å². The number of aromatic nitrogens is 1. The van der Waals surface area contributed by atoms with Crippen molar-refractivity contribution >= 4 is 22.5 Å². The van der Waals surface area contributed by atoms with Crippen LogP contribution in [-0.2, 0) is 0 Å². The van der Waals surface area contributed by atoms with Crippen LogP contribution in [-0.4, -0.2) is 29.5 Å². The van der Waals surface area contributed by atoms with E-state index in [9.17, 15) is 9.59 Å². The Bertz CT molecular complexity index is 730. The van der Waals surface area contributed by atoms with Gasteiger partial charge >= 0.3 is 0 Å². The largest absolute Gasteiger partial charge is 0.398 e. The van der Waals surface area contributed by atoms with Crippen molar-refractivity contribution in [2.75, 3.05) is 19.8 Å². The fraction of sp³-hybridized carbons (Fsp3) is 0.333. The zero-order chi connectivity index (χ0) is 15.0. The normalized spacial score (nSPS) is 11.1. The van der Waals surface area contributed by atoms with Gasteiger partial charge in [-0.05, 0) is 26.0 Å². The van der Waals surface area contributed by atoms with Crippen LogP contribution in [0.3, 0.4) is 0 Å². The number of anilines is 1. The molecule has 5 heteroatoms. The van der Waals surface area contributed by atoms with E-state index in [0.29, 0.717) is 11.1 Å². The van der Waals surface area contributed by atoms with Crippen LogP contribution in [0.25, 0.3) is 10.9 Å². The predicted molar refractivity (Wildman–Crippen MR) is 81.0 cm³/mol. The third-order valence-electron chi connectivity index (χ3n) is 3.29. The number of hydrogen-bond donors (Lipinski definition) is 1. The Morgan fingerprint density at radius 2 is 1.95 bits per heavy atom. The SMILES string of the molecule is CC(C)n1cc(C(=O)N(C)C)c(=O)c2c(N)cccc21. The second-order valence-corrected chi connectivity index (χ2v) is 5.31. The molecule has 106 valence electrons. The van der Waals surface area contributed by atoms with Crippen LogP contribution >= 0.6 is 0 Å². The monoisotopic (exact) mass is 273 g/mol. The first kappa shape index (κ1) is 14.1. The van der Waals surface area contributed by atoms with Gasteiger partial charge in [0.25, 0.3) is 5.91 Å². The third kappa shape index (κ3) is 2.15. The van der Waals surface area contributed by atoms with Gasteiger partial charge in [0.05, 0.1) is 10.9 Å². The molecule has 2 rings (SSSR count). The van der Waals surface area contributed by atoms with Gasteiger partial charge in [0.15, 0.2) is 0 Å². The smallest absolute Gasteiger partial charge is 0.258 e. The van der Waals surface area contributed by atoms with Crippen LogP contribution in [0.1, 0.15) is 30.2 Å². The van der Waals surface area contributed by atoms with Gasteiger partial charge in [-0.15, -0.1) is 0 Å². The highest BCUT2D eigenvalue weighted by Gasteiger charge is 2.18. The molecule has 20 heavy (non-hydrogen) atoms. The average molecular weight is 273 g/mol. The summed E-state index contributed by atoms with van der Waals surface area (Å²) in [5, 5.41) is 0.411. The third-order valence-corrected chi connectivity index (χ3v) is 3.29. The van der Waals surface area contributed by atoms with Crippen molar-refractivity contribution in [1.29, 1.82) is 0 Å². The molecule has 0 spiro atoms. The molecule has 0 bridgehead atoms. The highest BCUT2D eigenvalue weighted by molar-refractivity contribution is 5.99. The van der Waals surface area contributed by atoms with Crippen LogP contribution < -0.4 is 11.2 Å². The van der Waals surface area contributed by atoms with Gasteiger partial charge in [0, 0.05) is 32.0 Å². The minimum Gasteiger partial charge on any atom is -0.398 e. The zero-order valence-corrected chi connectivity index (χ0v) is 12.2. The van der Waals surface area contributed by atoms with E-state index in [0.717, 1.165) is 5.52 Å². The van der Waals surface area contributed by atoms with E-state index in [2.05, 4.69) is 0 Å². The maximum absolute atomic E-state index is 12.5. The van der Waals surface area contributed by atoms with E-state index in [-0.39, 0.29) is 22.9 Å². The lowest BCUT2D eigenvalue weighted by Crippen LogP contribution is -2.29. The number of nitrogen functional groups attached to an aromatic ring is 1. The number of amides is 1. The van der Waals surface area contributed by atoms with Gasteiger partial charge in [-0.25, -0.2) is 0 Å². The predicted octanol–water partition coefficient (Wildman–Crippen LogP) is 1.87. The van der Waals surface area contributed by atoms with Crippen molar-refractivity contribution in [3.05, 3.63) is 40.2 Å². The molecular formula is C15H19N3O2. The van der Waals surface area contributed by atoms with E-state index in [4.69, 9.17) is 5.73 Å². The molecule has 0 atom stereocenters. The van der Waals surface area contributed by atoms with Gasteiger partial charge in [0.2, 0.25) is 5.43 Å². The Hall–Kier alpha value is -2.30. The summed E-state index contributed by atoms with van der Waals surface area (Å²) in [6.07, 6.45) is 1.62. The Balaban J connectivity index is 2.93. The summed E-state index contributed by atoms with van der Waals surface area (Å²) in [5.41, 5.74) is 6.92. The number of carbonyl (C=O) groups is 1. The molecular weight excluding hydrogens is 254 g/mol. The van der Waals surface area contributed by atoms with E-state index in [1.165, 1.54) is 4.90 Å². The van der Waals surface area contributed by atoms with Crippen molar-refractivity contribution in [3.63, 3.8) is 0 Å². The molecule has 0 fully saturated rings. The van der Waals surface area contributed by atoms with Crippen LogP contribution in [0.2, 0.25) is 0 Å². The molecule has 0 saturated heterocycles. The van der Waals surface area contributed by atoms with E-state index in [1.54, 1.807) is 26.4 Å². The second kappa shape index (κ2) is 5.00. The fourth-order valence-electron chi connectivity index (χ4n) is 2.24. The summed E-state index contributed by atoms with van der Waals surface area (Å²) in [5.74, 6) is -0.311. The molecule has 0 radical (unpaired) electrons. The van der Waals surface area contributed by atoms with Crippen molar-refractivity contribution in [2.24, 2.45) is 0 Å². The van der Waals surface area contributed by atoms with Crippen LogP contribution in [0.5, 0.6) is 0 Å². The summed E-state index contributed by atoms with van der Waals surface area (Å²) in [6, 6.07) is 5.45. The van der Waals surface area contributed by atoms with Gasteiger partial charge in [-0.2, -0.15) is 0 Å². The summed E-state index contributed by atoms with van der Waals surface area (Å²) in [6.45, 7) is 3.99. The molecule has 0 aliphatic rings. The molecule has 2 N–H and O–H groups in total. The standard InChI is InChI=1S/C15H19N3O2/c1-9(2)18-8-10(15(20)17(3)4)14(19)13-11(16)6-5-7-12(13)18/h5-9H,16H2,1-4H3. The highest BCUT2D eigenvalue weighted by atomic mass is 16.2. The summed E-state index contributed by atoms with van der Waals surface area (Å²) < 4.78 is 1.91. The topological polar surface area (TPSA) is 68.3 Å². The molecule has 1 heterocycles. The van der Waals surface area contributed by atoms with Crippen LogP contribution in [0.15, 0.2) is 29.2 Å². The Morgan fingerprint density at radius 1 is 1.30 bits per heavy atom. The molecule has 0 aliphatic heterocycles. The number of benzene rings is 1. The lowest BCUT2D eigenvalue weighted by Gasteiger charge is -2.18. The van der Waals surface area contributed by atoms with Gasteiger partial charge in [0.1, 0.15) is 5.56 Å². The molecule has 0 aliphatic carbocycles. The first-order valence-electron chi connectivity index (χ1n) is 6.49. The van der Waals surface area contributed by atoms with Gasteiger partial charge < -0.3 is 15.2 Å². The maximum Gasteiger partial charge on any atom is 0.258 e. The van der Waals surface area contributed by atoms with Crippen molar-refractivity contribution in [3.8, 4) is 0 Å². The number of pyridine rings is 1. The fourth-order valence-corrected chi connectivity index (χ4v) is 2.24. The minimum atomic E-state index is -0.311. The van der Waals surface area contributed by atoms with E-state index < -0.39 is 0 Å². The lowest BCUT2D eigenvalue weighted by atomic mass is 10.1. The summed E-state index contributed by atoms with van der Waals surface area (Å²) >= 11 is 0. The molecule has 1 amide bonds. The molecule has 5 nitrogen and oxygen atoms in total. The maximum atomic E-state index is 12.5. The molecule has 2 aromatic rings. The first-order valence-corrected chi connectivity index (χ1v) is 6.49. The zero-order valence-electron chi connectivity index (χ0n) is 12.2. The van der Waals surface area contributed by atoms with Crippen molar-refractivity contribution < 1.29 is 4.79 Å². The number of nitrogens with zero attached hydrogens (tertiary/aromatic N) is 2. The molecule has 0 saturated carbocycles. The Morgan fingerprint density at radius 3 is 2.50 bits per heavy atom. The average Bonchev–Trinajstić information content (AvgIpc) is 2.37. The number of fused-ring (bicyclic) bond motifs is 1. The van der Waals surface area contributed by atoms with Crippen LogP contribution in [0, 0.1) is 0 Å². The second-order valence-electron chi connectivity index (χ2n) is 5.31. The van der Waals surface area contributed by atoms with Crippen molar-refractivity contribution in [1.82, 2.24) is 9.47 Å². The minimum absolute atomic E-state index is 0.119. The Labute approximate surface area is 117 Å². The van der Waals surface area contributed by atoms with Crippen molar-refractivity contribution in [2.45, 2.75) is 19.9 Å². The number of nitrogens with two attached hydrogens (primary N) is 1. The molecule has 1 aromatic carbocycles. The lowest BCUT2D eigenvalue weighted by molar-refractivity contribution is 0.0825. The number of hydrogen-bond acceptors (Lipinski definition) is 3. The molecule has 1 aromatic heterocycles. The summed E-state index contributed by atoms with van der Waals surface area (Å²) in [4.78, 5) is 26.1. The quantitative estimate of drug-likeness (QED) is 0.849. The van der Waals surface area contributed by atoms with Gasteiger partial charge in [-0.1, -0.05) is 6.07 Å². The summed E-state index contributed by atoms with van der Waals surface area (Å²) in [7, 11) is 3.25.